The number of aryl methyl sites for hydroxylation is 1. The lowest BCUT2D eigenvalue weighted by Gasteiger charge is -2.14. The summed E-state index contributed by atoms with van der Waals surface area (Å²) in [4.78, 5) is 4.06. The highest BCUT2D eigenvalue weighted by Gasteiger charge is 2.09. The van der Waals surface area contributed by atoms with E-state index in [9.17, 15) is 0 Å². The fourth-order valence-corrected chi connectivity index (χ4v) is 2.24. The third-order valence-corrected chi connectivity index (χ3v) is 3.32. The van der Waals surface area contributed by atoms with E-state index in [2.05, 4.69) is 20.6 Å². The van der Waals surface area contributed by atoms with Crippen molar-refractivity contribution in [2.75, 3.05) is 5.32 Å². The molecular formula is C13H13ClN6. The summed E-state index contributed by atoms with van der Waals surface area (Å²) in [5.41, 5.74) is 2.79. The maximum atomic E-state index is 6.29. The molecule has 0 aliphatic carbocycles. The maximum absolute atomic E-state index is 6.29. The lowest BCUT2D eigenvalue weighted by Crippen LogP contribution is -2.07. The molecule has 3 aromatic rings. The van der Waals surface area contributed by atoms with E-state index in [1.807, 2.05) is 36.0 Å². The molecule has 0 amide bonds. The Morgan fingerprint density at radius 3 is 2.95 bits per heavy atom. The predicted octanol–water partition coefficient (Wildman–Crippen LogP) is 2.27. The molecule has 1 N–H and O–H groups in total. The van der Waals surface area contributed by atoms with E-state index in [1.54, 1.807) is 23.4 Å². The summed E-state index contributed by atoms with van der Waals surface area (Å²) in [5, 5.41) is 11.8. The zero-order valence-electron chi connectivity index (χ0n) is 10.9. The first-order chi connectivity index (χ1) is 9.75. The number of benzene rings is 1. The van der Waals surface area contributed by atoms with Crippen molar-refractivity contribution in [3.05, 3.63) is 53.8 Å². The van der Waals surface area contributed by atoms with Crippen molar-refractivity contribution < 1.29 is 0 Å². The van der Waals surface area contributed by atoms with E-state index >= 15 is 0 Å². The van der Waals surface area contributed by atoms with Gasteiger partial charge in [0.1, 0.15) is 0 Å². The van der Waals surface area contributed by atoms with Crippen LogP contribution in [-0.4, -0.2) is 24.5 Å². The van der Waals surface area contributed by atoms with Crippen molar-refractivity contribution in [1.29, 1.82) is 0 Å². The van der Waals surface area contributed by atoms with Gasteiger partial charge in [0.05, 0.1) is 41.2 Å². The normalized spacial score (nSPS) is 10.7. The van der Waals surface area contributed by atoms with E-state index in [-0.39, 0.29) is 0 Å². The van der Waals surface area contributed by atoms with Gasteiger partial charge in [-0.15, -0.1) is 5.10 Å². The number of nitrogens with zero attached hydrogens (tertiary/aromatic N) is 5. The highest BCUT2D eigenvalue weighted by atomic mass is 35.5. The minimum Gasteiger partial charge on any atom is -0.378 e. The molecule has 0 radical (unpaired) electrons. The highest BCUT2D eigenvalue weighted by Crippen LogP contribution is 2.28. The van der Waals surface area contributed by atoms with Gasteiger partial charge in [-0.3, -0.25) is 4.68 Å². The van der Waals surface area contributed by atoms with Gasteiger partial charge in [0.25, 0.3) is 0 Å². The van der Waals surface area contributed by atoms with Gasteiger partial charge in [-0.25, -0.2) is 4.98 Å². The van der Waals surface area contributed by atoms with Gasteiger partial charge in [0.2, 0.25) is 0 Å². The molecule has 0 aliphatic rings. The minimum atomic E-state index is 0.617. The second-order valence-electron chi connectivity index (χ2n) is 4.31. The van der Waals surface area contributed by atoms with Crippen molar-refractivity contribution in [2.24, 2.45) is 7.05 Å². The molecule has 0 saturated heterocycles. The molecule has 0 atom stereocenters. The standard InChI is InChI=1S/C13H13ClN6/c1-19-10(8-17-18-19)7-16-12-4-2-3-11(14)13(12)20-6-5-15-9-20/h2-6,8-9,16H,7H2,1H3. The molecular weight excluding hydrogens is 276 g/mol. The van der Waals surface area contributed by atoms with Crippen LogP contribution < -0.4 is 5.32 Å². The number of anilines is 1. The second-order valence-corrected chi connectivity index (χ2v) is 4.72. The van der Waals surface area contributed by atoms with Crippen molar-refractivity contribution in [3.63, 3.8) is 0 Å². The van der Waals surface area contributed by atoms with Crippen LogP contribution in [0.25, 0.3) is 5.69 Å². The van der Waals surface area contributed by atoms with Gasteiger partial charge >= 0.3 is 0 Å². The lowest BCUT2D eigenvalue weighted by atomic mass is 10.2. The van der Waals surface area contributed by atoms with E-state index in [1.165, 1.54) is 0 Å². The number of aromatic nitrogens is 5. The summed E-state index contributed by atoms with van der Waals surface area (Å²) < 4.78 is 3.61. The summed E-state index contributed by atoms with van der Waals surface area (Å²) in [6, 6.07) is 5.74. The van der Waals surface area contributed by atoms with Crippen LogP contribution in [0, 0.1) is 0 Å². The van der Waals surface area contributed by atoms with Crippen molar-refractivity contribution >= 4 is 17.3 Å². The first kappa shape index (κ1) is 12.7. The Hall–Kier alpha value is -2.34. The van der Waals surface area contributed by atoms with Crippen LogP contribution in [0.4, 0.5) is 5.69 Å². The fraction of sp³-hybridized carbons (Fsp3) is 0.154. The molecule has 3 rings (SSSR count). The molecule has 0 aliphatic heterocycles. The Kier molecular flexibility index (Phi) is 3.39. The monoisotopic (exact) mass is 288 g/mol. The van der Waals surface area contributed by atoms with Crippen molar-refractivity contribution in [2.45, 2.75) is 6.54 Å². The third-order valence-electron chi connectivity index (χ3n) is 3.02. The minimum absolute atomic E-state index is 0.617. The number of halogens is 1. The Morgan fingerprint density at radius 1 is 1.35 bits per heavy atom. The number of para-hydroxylation sites is 1. The summed E-state index contributed by atoms with van der Waals surface area (Å²) in [5.74, 6) is 0. The van der Waals surface area contributed by atoms with Gasteiger partial charge in [-0.1, -0.05) is 22.9 Å². The quantitative estimate of drug-likeness (QED) is 0.800. The SMILES string of the molecule is Cn1nncc1CNc1cccc(Cl)c1-n1ccnc1. The van der Waals surface area contributed by atoms with Crippen LogP contribution in [0.2, 0.25) is 5.02 Å². The zero-order chi connectivity index (χ0) is 13.9. The van der Waals surface area contributed by atoms with E-state index in [0.29, 0.717) is 11.6 Å². The molecule has 0 spiro atoms. The fourth-order valence-electron chi connectivity index (χ4n) is 1.97. The number of hydrogen-bond donors (Lipinski definition) is 1. The third kappa shape index (κ3) is 2.37. The van der Waals surface area contributed by atoms with E-state index in [4.69, 9.17) is 11.6 Å². The summed E-state index contributed by atoms with van der Waals surface area (Å²) in [7, 11) is 1.86. The molecule has 2 heterocycles. The van der Waals surface area contributed by atoms with E-state index in [0.717, 1.165) is 17.1 Å². The van der Waals surface area contributed by atoms with Crippen LogP contribution in [-0.2, 0) is 13.6 Å². The van der Waals surface area contributed by atoms with Gasteiger partial charge in [-0.05, 0) is 12.1 Å². The van der Waals surface area contributed by atoms with Crippen LogP contribution >= 0.6 is 11.6 Å². The first-order valence-electron chi connectivity index (χ1n) is 6.10. The molecule has 0 saturated carbocycles. The molecule has 20 heavy (non-hydrogen) atoms. The molecule has 7 heteroatoms. The molecule has 1 aromatic carbocycles. The molecule has 6 nitrogen and oxygen atoms in total. The number of nitrogens with one attached hydrogen (secondary N) is 1. The lowest BCUT2D eigenvalue weighted by molar-refractivity contribution is 0.683. The van der Waals surface area contributed by atoms with Crippen LogP contribution in [0.3, 0.4) is 0 Å². The number of imidazole rings is 1. The Morgan fingerprint density at radius 2 is 2.25 bits per heavy atom. The van der Waals surface area contributed by atoms with Gasteiger partial charge in [0, 0.05) is 19.4 Å². The Bertz CT molecular complexity index is 703. The molecule has 0 bridgehead atoms. The number of rotatable bonds is 4. The van der Waals surface area contributed by atoms with Gasteiger partial charge in [0.15, 0.2) is 0 Å². The van der Waals surface area contributed by atoms with E-state index < -0.39 is 0 Å². The summed E-state index contributed by atoms with van der Waals surface area (Å²) >= 11 is 6.29. The largest absolute Gasteiger partial charge is 0.378 e. The van der Waals surface area contributed by atoms with Crippen molar-refractivity contribution in [3.8, 4) is 5.69 Å². The average Bonchev–Trinajstić information content (AvgIpc) is 3.08. The highest BCUT2D eigenvalue weighted by molar-refractivity contribution is 6.33. The first-order valence-corrected chi connectivity index (χ1v) is 6.48. The van der Waals surface area contributed by atoms with Crippen molar-refractivity contribution in [1.82, 2.24) is 24.5 Å². The van der Waals surface area contributed by atoms with Crippen LogP contribution in [0.15, 0.2) is 43.1 Å². The zero-order valence-corrected chi connectivity index (χ0v) is 11.6. The Labute approximate surface area is 121 Å². The average molecular weight is 289 g/mol. The topological polar surface area (TPSA) is 60.6 Å². The van der Waals surface area contributed by atoms with Crippen LogP contribution in [0.1, 0.15) is 5.69 Å². The summed E-state index contributed by atoms with van der Waals surface area (Å²) in [6.07, 6.45) is 7.03. The van der Waals surface area contributed by atoms with Gasteiger partial charge in [-0.2, -0.15) is 0 Å². The van der Waals surface area contributed by atoms with Crippen LogP contribution in [0.5, 0.6) is 0 Å². The molecule has 0 fully saturated rings. The molecule has 102 valence electrons. The number of hydrogen-bond acceptors (Lipinski definition) is 4. The maximum Gasteiger partial charge on any atom is 0.0992 e. The summed E-state index contributed by atoms with van der Waals surface area (Å²) in [6.45, 7) is 0.617. The smallest absolute Gasteiger partial charge is 0.0992 e. The predicted molar refractivity (Wildman–Crippen MR) is 76.9 cm³/mol. The molecule has 0 unspecified atom stereocenters. The van der Waals surface area contributed by atoms with Gasteiger partial charge < -0.3 is 9.88 Å². The Balaban J connectivity index is 1.90. The second kappa shape index (κ2) is 5.34. The molecule has 2 aromatic heterocycles.